The number of hydrogen-bond donors (Lipinski definition) is 0. The summed E-state index contributed by atoms with van der Waals surface area (Å²) < 4.78 is 8.25. The molecule has 8 rings (SSSR count). The van der Waals surface area contributed by atoms with Crippen LogP contribution in [0.2, 0.25) is 0 Å². The number of furan rings is 1. The van der Waals surface area contributed by atoms with Crippen LogP contribution in [-0.2, 0) is 32.6 Å². The summed E-state index contributed by atoms with van der Waals surface area (Å²) in [7, 11) is 1.98. The molecule has 0 atom stereocenters. The van der Waals surface area contributed by atoms with E-state index in [1.54, 1.807) is 6.20 Å². The van der Waals surface area contributed by atoms with Crippen molar-refractivity contribution < 1.29 is 24.5 Å². The van der Waals surface area contributed by atoms with Crippen molar-refractivity contribution in [1.82, 2.24) is 14.5 Å². The van der Waals surface area contributed by atoms with Crippen molar-refractivity contribution in [3.8, 4) is 33.8 Å². The van der Waals surface area contributed by atoms with Crippen molar-refractivity contribution in [2.75, 3.05) is 0 Å². The van der Waals surface area contributed by atoms with Gasteiger partial charge in [0, 0.05) is 51.1 Å². The molecule has 4 nitrogen and oxygen atoms in total. The van der Waals surface area contributed by atoms with E-state index in [0.29, 0.717) is 0 Å². The second kappa shape index (κ2) is 13.6. The molecule has 0 saturated heterocycles. The summed E-state index contributed by atoms with van der Waals surface area (Å²) >= 11 is 0. The fourth-order valence-corrected chi connectivity index (χ4v) is 6.27. The summed E-state index contributed by atoms with van der Waals surface area (Å²) in [6.07, 6.45) is 5.69. The molecule has 0 aliphatic rings. The molecule has 8 aromatic rings. The second-order valence-electron chi connectivity index (χ2n) is 13.7. The van der Waals surface area contributed by atoms with Crippen molar-refractivity contribution >= 4 is 32.7 Å². The standard InChI is InChI=1S/C33H28NO.C11H11N2.Ir/c1-20-15-23-16-24(33(3,4)5)14-13-22(23)17-28(20)29-18-30(34-19-21(29)2)27-11-8-10-26-25-9-6-7-12-31(25)35-32(26)27;1-9-3-5-10(6-4-9)11-12-7-8-13(11)2;/h6-10,12-19H,1-5H3;3-5,7-8H,1-2H3;/q2*-1;. The number of rotatable bonds is 3. The van der Waals surface area contributed by atoms with E-state index < -0.39 is 0 Å². The molecule has 0 saturated carbocycles. The zero-order valence-corrected chi connectivity index (χ0v) is 31.4. The molecule has 5 heteroatoms. The molecule has 0 unspecified atom stereocenters. The Labute approximate surface area is 302 Å². The van der Waals surface area contributed by atoms with Crippen LogP contribution in [-0.4, -0.2) is 14.5 Å². The van der Waals surface area contributed by atoms with Crippen LogP contribution in [0, 0.1) is 32.9 Å². The average Bonchev–Trinajstić information content (AvgIpc) is 3.68. The number of para-hydroxylation sites is 1. The van der Waals surface area contributed by atoms with Gasteiger partial charge in [-0.3, -0.25) is 4.98 Å². The zero-order valence-electron chi connectivity index (χ0n) is 29.0. The van der Waals surface area contributed by atoms with E-state index in [0.717, 1.165) is 50.1 Å². The SMILES string of the molecule is Cc1c[c-]c(-c2nccn2C)cc1.Cc1cnc(-c2[c-]ccc3c2oc2ccccc23)cc1-c1cc2ccc(C(C)(C)C)cc2cc1C.[Ir]. The predicted molar refractivity (Wildman–Crippen MR) is 199 cm³/mol. The van der Waals surface area contributed by atoms with Crippen LogP contribution >= 0.6 is 0 Å². The smallest absolute Gasteiger partial charge is 0.120 e. The largest absolute Gasteiger partial charge is 0.501 e. The molecule has 247 valence electrons. The van der Waals surface area contributed by atoms with Crippen LogP contribution in [0.15, 0.2) is 114 Å². The molecule has 5 aromatic carbocycles. The van der Waals surface area contributed by atoms with Gasteiger partial charge in [-0.05, 0) is 75.7 Å². The molecular formula is C44H39IrN3O-2. The summed E-state index contributed by atoms with van der Waals surface area (Å²) in [4.78, 5) is 9.04. The second-order valence-corrected chi connectivity index (χ2v) is 13.7. The maximum Gasteiger partial charge on any atom is 0.120 e. The van der Waals surface area contributed by atoms with Gasteiger partial charge in [0.1, 0.15) is 5.58 Å². The Morgan fingerprint density at radius 1 is 0.755 bits per heavy atom. The molecular weight excluding hydrogens is 779 g/mol. The summed E-state index contributed by atoms with van der Waals surface area (Å²) in [6, 6.07) is 38.5. The van der Waals surface area contributed by atoms with Gasteiger partial charge < -0.3 is 14.0 Å². The fourth-order valence-electron chi connectivity index (χ4n) is 6.27. The number of fused-ring (bicyclic) bond motifs is 4. The van der Waals surface area contributed by atoms with E-state index in [2.05, 4.69) is 113 Å². The molecule has 3 aromatic heterocycles. The van der Waals surface area contributed by atoms with E-state index in [1.807, 2.05) is 60.4 Å². The number of imidazole rings is 1. The maximum absolute atomic E-state index is 6.26. The molecule has 3 heterocycles. The average molecular weight is 818 g/mol. The summed E-state index contributed by atoms with van der Waals surface area (Å²) in [5.41, 5.74) is 12.1. The van der Waals surface area contributed by atoms with Crippen LogP contribution in [0.3, 0.4) is 0 Å². The number of aromatic nitrogens is 3. The monoisotopic (exact) mass is 818 g/mol. The zero-order chi connectivity index (χ0) is 33.6. The third-order valence-electron chi connectivity index (χ3n) is 9.07. The van der Waals surface area contributed by atoms with Crippen LogP contribution in [0.25, 0.3) is 66.5 Å². The van der Waals surface area contributed by atoms with Crippen molar-refractivity contribution in [3.05, 3.63) is 144 Å². The Balaban J connectivity index is 0.000000250. The first-order valence-corrected chi connectivity index (χ1v) is 16.4. The Hall–Kier alpha value is -4.83. The van der Waals surface area contributed by atoms with Gasteiger partial charge in [-0.25, -0.2) is 0 Å². The quantitative estimate of drug-likeness (QED) is 0.167. The minimum atomic E-state index is 0. The molecule has 49 heavy (non-hydrogen) atoms. The molecule has 0 bridgehead atoms. The number of nitrogens with zero attached hydrogens (tertiary/aromatic N) is 3. The van der Waals surface area contributed by atoms with Crippen LogP contribution < -0.4 is 0 Å². The van der Waals surface area contributed by atoms with Crippen LogP contribution in [0.5, 0.6) is 0 Å². The minimum absolute atomic E-state index is 0. The van der Waals surface area contributed by atoms with E-state index in [4.69, 9.17) is 9.40 Å². The summed E-state index contributed by atoms with van der Waals surface area (Å²) in [5, 5.41) is 4.74. The number of aryl methyl sites for hydroxylation is 4. The van der Waals surface area contributed by atoms with Crippen molar-refractivity contribution in [3.63, 3.8) is 0 Å². The third-order valence-corrected chi connectivity index (χ3v) is 9.07. The van der Waals surface area contributed by atoms with Gasteiger partial charge in [-0.2, -0.15) is 0 Å². The molecule has 0 amide bonds. The third kappa shape index (κ3) is 6.74. The number of hydrogen-bond acceptors (Lipinski definition) is 3. The normalized spacial score (nSPS) is 11.4. The molecule has 1 radical (unpaired) electrons. The van der Waals surface area contributed by atoms with E-state index in [9.17, 15) is 0 Å². The first-order valence-electron chi connectivity index (χ1n) is 16.4. The van der Waals surface area contributed by atoms with Gasteiger partial charge in [0.25, 0.3) is 0 Å². The van der Waals surface area contributed by atoms with Crippen LogP contribution in [0.4, 0.5) is 0 Å². The summed E-state index contributed by atoms with van der Waals surface area (Å²) in [5.74, 6) is 0.958. The van der Waals surface area contributed by atoms with Crippen LogP contribution in [0.1, 0.15) is 43.0 Å². The minimum Gasteiger partial charge on any atom is -0.501 e. The van der Waals surface area contributed by atoms with Gasteiger partial charge in [0.2, 0.25) is 0 Å². The van der Waals surface area contributed by atoms with Gasteiger partial charge in [0.05, 0.1) is 11.4 Å². The fraction of sp³-hybridized carbons (Fsp3) is 0.182. The van der Waals surface area contributed by atoms with Gasteiger partial charge in [0.15, 0.2) is 0 Å². The Morgan fingerprint density at radius 3 is 2.29 bits per heavy atom. The van der Waals surface area contributed by atoms with Crippen molar-refractivity contribution in [2.45, 2.75) is 47.0 Å². The van der Waals surface area contributed by atoms with E-state index in [-0.39, 0.29) is 25.5 Å². The summed E-state index contributed by atoms with van der Waals surface area (Å²) in [6.45, 7) is 13.2. The first-order chi connectivity index (χ1) is 23.1. The topological polar surface area (TPSA) is 43.9 Å². The molecule has 0 fully saturated rings. The Bertz CT molecular complexity index is 2430. The van der Waals surface area contributed by atoms with Gasteiger partial charge in [-0.1, -0.05) is 87.2 Å². The van der Waals surface area contributed by atoms with Crippen molar-refractivity contribution in [2.24, 2.45) is 7.05 Å². The Kier molecular flexibility index (Phi) is 9.44. The Morgan fingerprint density at radius 2 is 1.55 bits per heavy atom. The number of pyridine rings is 1. The van der Waals surface area contributed by atoms with Crippen molar-refractivity contribution in [1.29, 1.82) is 0 Å². The number of benzene rings is 5. The van der Waals surface area contributed by atoms with E-state index in [1.165, 1.54) is 38.6 Å². The van der Waals surface area contributed by atoms with Gasteiger partial charge >= 0.3 is 0 Å². The molecule has 0 aliphatic heterocycles. The molecule has 0 spiro atoms. The molecule has 0 N–H and O–H groups in total. The predicted octanol–water partition coefficient (Wildman–Crippen LogP) is 11.4. The van der Waals surface area contributed by atoms with E-state index >= 15 is 0 Å². The first kappa shape index (κ1) is 34.0. The molecule has 0 aliphatic carbocycles. The maximum atomic E-state index is 6.26. The van der Waals surface area contributed by atoms with Gasteiger partial charge in [-0.15, -0.1) is 53.6 Å².